The summed E-state index contributed by atoms with van der Waals surface area (Å²) in [5, 5.41) is 11.8. The van der Waals surface area contributed by atoms with Crippen molar-refractivity contribution in [2.24, 2.45) is 0 Å². The molecule has 4 nitrogen and oxygen atoms in total. The molecule has 1 heterocycles. The van der Waals surface area contributed by atoms with E-state index >= 15 is 0 Å². The zero-order valence-corrected chi connectivity index (χ0v) is 10.5. The van der Waals surface area contributed by atoms with Crippen molar-refractivity contribution in [1.82, 2.24) is 10.2 Å². The maximum Gasteiger partial charge on any atom is 0.317 e. The SMILES string of the molecule is O=C(O)CN[C@H]1CCCN(Cc2ccccc2)C1. The fraction of sp³-hybridized carbons (Fsp3) is 0.500. The molecule has 2 N–H and O–H groups in total. The van der Waals surface area contributed by atoms with Gasteiger partial charge in [0.25, 0.3) is 0 Å². The molecule has 0 bridgehead atoms. The molecule has 4 heteroatoms. The highest BCUT2D eigenvalue weighted by Gasteiger charge is 2.19. The first-order chi connectivity index (χ1) is 8.74. The highest BCUT2D eigenvalue weighted by Crippen LogP contribution is 2.13. The molecular formula is C14H20N2O2. The molecule has 1 atom stereocenters. The van der Waals surface area contributed by atoms with Gasteiger partial charge in [0, 0.05) is 19.1 Å². The van der Waals surface area contributed by atoms with Crippen molar-refractivity contribution in [3.8, 4) is 0 Å². The summed E-state index contributed by atoms with van der Waals surface area (Å²) < 4.78 is 0. The third kappa shape index (κ3) is 4.13. The summed E-state index contributed by atoms with van der Waals surface area (Å²) in [6.07, 6.45) is 2.20. The number of carboxylic acid groups (broad SMARTS) is 1. The summed E-state index contributed by atoms with van der Waals surface area (Å²) in [6.45, 7) is 3.04. The van der Waals surface area contributed by atoms with Crippen LogP contribution in [0.4, 0.5) is 0 Å². The lowest BCUT2D eigenvalue weighted by atomic mass is 10.0. The monoisotopic (exact) mass is 248 g/mol. The van der Waals surface area contributed by atoms with Gasteiger partial charge >= 0.3 is 5.97 Å². The average molecular weight is 248 g/mol. The van der Waals surface area contributed by atoms with Gasteiger partial charge in [-0.15, -0.1) is 0 Å². The minimum Gasteiger partial charge on any atom is -0.480 e. The van der Waals surface area contributed by atoms with Crippen LogP contribution in [0, 0.1) is 0 Å². The first-order valence-electron chi connectivity index (χ1n) is 6.45. The summed E-state index contributed by atoms with van der Waals surface area (Å²) in [6, 6.07) is 10.7. The van der Waals surface area contributed by atoms with E-state index in [4.69, 9.17) is 5.11 Å². The van der Waals surface area contributed by atoms with Gasteiger partial charge < -0.3 is 10.4 Å². The van der Waals surface area contributed by atoms with Crippen molar-refractivity contribution < 1.29 is 9.90 Å². The number of likely N-dealkylation sites (tertiary alicyclic amines) is 1. The van der Waals surface area contributed by atoms with E-state index in [-0.39, 0.29) is 6.54 Å². The van der Waals surface area contributed by atoms with Crippen LogP contribution in [-0.2, 0) is 11.3 Å². The lowest BCUT2D eigenvalue weighted by Crippen LogP contribution is -2.46. The molecule has 0 spiro atoms. The molecule has 1 aromatic rings. The van der Waals surface area contributed by atoms with Crippen molar-refractivity contribution in [3.05, 3.63) is 35.9 Å². The number of hydrogen-bond donors (Lipinski definition) is 2. The molecule has 1 aliphatic heterocycles. The molecule has 0 radical (unpaired) electrons. The standard InChI is InChI=1S/C14H20N2O2/c17-14(18)9-15-13-7-4-8-16(11-13)10-12-5-2-1-3-6-12/h1-3,5-6,13,15H,4,7-11H2,(H,17,18)/t13-/m0/s1. The molecule has 1 fully saturated rings. The van der Waals surface area contributed by atoms with Crippen LogP contribution in [0.3, 0.4) is 0 Å². The van der Waals surface area contributed by atoms with Gasteiger partial charge in [-0.25, -0.2) is 0 Å². The number of piperidine rings is 1. The number of hydrogen-bond acceptors (Lipinski definition) is 3. The average Bonchev–Trinajstić information content (AvgIpc) is 2.38. The van der Waals surface area contributed by atoms with E-state index in [2.05, 4.69) is 34.5 Å². The van der Waals surface area contributed by atoms with Crippen molar-refractivity contribution in [1.29, 1.82) is 0 Å². The second-order valence-electron chi connectivity index (χ2n) is 4.83. The van der Waals surface area contributed by atoms with Gasteiger partial charge in [0.05, 0.1) is 6.54 Å². The zero-order valence-electron chi connectivity index (χ0n) is 10.5. The first kappa shape index (κ1) is 13.1. The van der Waals surface area contributed by atoms with Crippen LogP contribution in [0.15, 0.2) is 30.3 Å². The van der Waals surface area contributed by atoms with E-state index in [0.717, 1.165) is 32.5 Å². The number of rotatable bonds is 5. The molecule has 0 saturated carbocycles. The topological polar surface area (TPSA) is 52.6 Å². The minimum atomic E-state index is -0.782. The predicted molar refractivity (Wildman–Crippen MR) is 70.4 cm³/mol. The number of benzene rings is 1. The van der Waals surface area contributed by atoms with E-state index in [1.807, 2.05) is 6.07 Å². The van der Waals surface area contributed by atoms with Gasteiger partial charge in [0.2, 0.25) is 0 Å². The molecule has 0 unspecified atom stereocenters. The Morgan fingerprint density at radius 3 is 2.89 bits per heavy atom. The van der Waals surface area contributed by atoms with E-state index in [9.17, 15) is 4.79 Å². The van der Waals surface area contributed by atoms with Crippen LogP contribution in [0.25, 0.3) is 0 Å². The maximum atomic E-state index is 10.5. The van der Waals surface area contributed by atoms with Crippen molar-refractivity contribution in [3.63, 3.8) is 0 Å². The van der Waals surface area contributed by atoms with Gasteiger partial charge in [-0.05, 0) is 24.9 Å². The quantitative estimate of drug-likeness (QED) is 0.825. The van der Waals surface area contributed by atoms with Gasteiger partial charge in [0.15, 0.2) is 0 Å². The third-order valence-corrected chi connectivity index (χ3v) is 3.30. The molecule has 0 amide bonds. The maximum absolute atomic E-state index is 10.5. The van der Waals surface area contributed by atoms with E-state index < -0.39 is 5.97 Å². The molecule has 18 heavy (non-hydrogen) atoms. The number of carboxylic acids is 1. The second kappa shape index (κ2) is 6.52. The van der Waals surface area contributed by atoms with Gasteiger partial charge in [-0.2, -0.15) is 0 Å². The molecule has 0 aliphatic carbocycles. The van der Waals surface area contributed by atoms with Crippen LogP contribution in [0.5, 0.6) is 0 Å². The summed E-state index contributed by atoms with van der Waals surface area (Å²) >= 11 is 0. The highest BCUT2D eigenvalue weighted by atomic mass is 16.4. The lowest BCUT2D eigenvalue weighted by Gasteiger charge is -2.33. The first-order valence-corrected chi connectivity index (χ1v) is 6.45. The fourth-order valence-corrected chi connectivity index (χ4v) is 2.44. The fourth-order valence-electron chi connectivity index (χ4n) is 2.44. The Kier molecular flexibility index (Phi) is 4.73. The Morgan fingerprint density at radius 2 is 2.17 bits per heavy atom. The van der Waals surface area contributed by atoms with E-state index in [1.165, 1.54) is 5.56 Å². The highest BCUT2D eigenvalue weighted by molar-refractivity contribution is 5.69. The summed E-state index contributed by atoms with van der Waals surface area (Å²) in [5.74, 6) is -0.782. The van der Waals surface area contributed by atoms with Gasteiger partial charge in [-0.3, -0.25) is 9.69 Å². The second-order valence-corrected chi connectivity index (χ2v) is 4.83. The Hall–Kier alpha value is -1.39. The van der Waals surface area contributed by atoms with Crippen LogP contribution in [0.1, 0.15) is 18.4 Å². The van der Waals surface area contributed by atoms with E-state index in [0.29, 0.717) is 6.04 Å². The summed E-state index contributed by atoms with van der Waals surface area (Å²) in [7, 11) is 0. The molecular weight excluding hydrogens is 228 g/mol. The third-order valence-electron chi connectivity index (χ3n) is 3.30. The molecule has 1 saturated heterocycles. The molecule has 2 rings (SSSR count). The molecule has 1 aromatic carbocycles. The van der Waals surface area contributed by atoms with Crippen LogP contribution in [-0.4, -0.2) is 41.7 Å². The Bertz CT molecular complexity index is 381. The smallest absolute Gasteiger partial charge is 0.317 e. The lowest BCUT2D eigenvalue weighted by molar-refractivity contribution is -0.136. The normalized spacial score (nSPS) is 20.8. The predicted octanol–water partition coefficient (Wildman–Crippen LogP) is 1.33. The van der Waals surface area contributed by atoms with Crippen molar-refractivity contribution in [2.45, 2.75) is 25.4 Å². The minimum absolute atomic E-state index is 0.0594. The number of aliphatic carboxylic acids is 1. The Morgan fingerprint density at radius 1 is 1.39 bits per heavy atom. The van der Waals surface area contributed by atoms with Crippen LogP contribution < -0.4 is 5.32 Å². The molecule has 98 valence electrons. The molecule has 1 aliphatic rings. The summed E-state index contributed by atoms with van der Waals surface area (Å²) in [5.41, 5.74) is 1.32. The van der Waals surface area contributed by atoms with Crippen molar-refractivity contribution in [2.75, 3.05) is 19.6 Å². The summed E-state index contributed by atoms with van der Waals surface area (Å²) in [4.78, 5) is 12.9. The van der Waals surface area contributed by atoms with Gasteiger partial charge in [0.1, 0.15) is 0 Å². The van der Waals surface area contributed by atoms with E-state index in [1.54, 1.807) is 0 Å². The van der Waals surface area contributed by atoms with Crippen LogP contribution in [0.2, 0.25) is 0 Å². The van der Waals surface area contributed by atoms with Gasteiger partial charge in [-0.1, -0.05) is 30.3 Å². The Labute approximate surface area is 108 Å². The van der Waals surface area contributed by atoms with Crippen LogP contribution >= 0.6 is 0 Å². The van der Waals surface area contributed by atoms with Crippen molar-refractivity contribution >= 4 is 5.97 Å². The number of carbonyl (C=O) groups is 1. The number of nitrogens with zero attached hydrogens (tertiary/aromatic N) is 1. The zero-order chi connectivity index (χ0) is 12.8. The molecule has 0 aromatic heterocycles. The largest absolute Gasteiger partial charge is 0.480 e. The number of nitrogens with one attached hydrogen (secondary N) is 1. The Balaban J connectivity index is 1.81.